The number of benzene rings is 1. The van der Waals surface area contributed by atoms with E-state index in [4.69, 9.17) is 4.74 Å². The topological polar surface area (TPSA) is 59.7 Å². The third-order valence-electron chi connectivity index (χ3n) is 6.71. The number of amides is 1. The van der Waals surface area contributed by atoms with Crippen molar-refractivity contribution in [3.05, 3.63) is 66.1 Å². The first-order valence-electron chi connectivity index (χ1n) is 11.1. The van der Waals surface area contributed by atoms with Crippen LogP contribution < -0.4 is 0 Å². The van der Waals surface area contributed by atoms with Gasteiger partial charge in [0.1, 0.15) is 5.82 Å². The summed E-state index contributed by atoms with van der Waals surface area (Å²) in [6.07, 6.45) is 11.4. The van der Waals surface area contributed by atoms with E-state index in [1.807, 2.05) is 27.8 Å². The molecule has 1 atom stereocenters. The van der Waals surface area contributed by atoms with E-state index in [2.05, 4.69) is 9.97 Å². The fraction of sp³-hybridized carbons (Fsp3) is 0.458. The number of aromatic nitrogens is 3. The monoisotopic (exact) mass is 422 g/mol. The van der Waals surface area contributed by atoms with Gasteiger partial charge in [-0.25, -0.2) is 9.37 Å². The van der Waals surface area contributed by atoms with E-state index in [1.165, 1.54) is 6.07 Å². The molecule has 7 heteroatoms. The Morgan fingerprint density at radius 3 is 2.90 bits per heavy atom. The van der Waals surface area contributed by atoms with Crippen molar-refractivity contribution in [2.24, 2.45) is 5.92 Å². The van der Waals surface area contributed by atoms with Crippen molar-refractivity contribution >= 4 is 11.6 Å². The minimum absolute atomic E-state index is 0.0450. The van der Waals surface area contributed by atoms with Crippen molar-refractivity contribution in [1.29, 1.82) is 0 Å². The maximum Gasteiger partial charge on any atom is 0.233 e. The quantitative estimate of drug-likeness (QED) is 0.647. The van der Waals surface area contributed by atoms with Crippen LogP contribution >= 0.6 is 0 Å². The maximum absolute atomic E-state index is 14.7. The number of nitrogens with zero attached hydrogens (tertiary/aromatic N) is 4. The van der Waals surface area contributed by atoms with E-state index in [9.17, 15) is 9.18 Å². The highest BCUT2D eigenvalue weighted by molar-refractivity contribution is 5.88. The number of rotatable bonds is 4. The number of halogens is 1. The third kappa shape index (κ3) is 3.82. The first-order chi connectivity index (χ1) is 15.2. The third-order valence-corrected chi connectivity index (χ3v) is 6.71. The zero-order valence-electron chi connectivity index (χ0n) is 17.5. The van der Waals surface area contributed by atoms with Crippen LogP contribution in [0.3, 0.4) is 0 Å². The van der Waals surface area contributed by atoms with Gasteiger partial charge >= 0.3 is 0 Å². The molecule has 2 aromatic heterocycles. The minimum atomic E-state index is -0.756. The van der Waals surface area contributed by atoms with Gasteiger partial charge in [-0.1, -0.05) is 31.0 Å². The van der Waals surface area contributed by atoms with E-state index in [0.29, 0.717) is 51.1 Å². The van der Waals surface area contributed by atoms with Crippen molar-refractivity contribution in [3.8, 4) is 0 Å². The van der Waals surface area contributed by atoms with Gasteiger partial charge in [0.15, 0.2) is 5.65 Å². The van der Waals surface area contributed by atoms with Gasteiger partial charge < -0.3 is 14.0 Å². The molecule has 0 bridgehead atoms. The summed E-state index contributed by atoms with van der Waals surface area (Å²) in [5, 5.41) is 0. The Balaban J connectivity index is 1.38. The average molecular weight is 423 g/mol. The lowest BCUT2D eigenvalue weighted by atomic mass is 9.77. The molecule has 1 amide bonds. The Bertz CT molecular complexity index is 1080. The molecule has 3 heterocycles. The van der Waals surface area contributed by atoms with E-state index in [-0.39, 0.29) is 17.6 Å². The van der Waals surface area contributed by atoms with Crippen LogP contribution in [0.1, 0.15) is 36.9 Å². The number of ether oxygens (including phenoxy) is 1. The first kappa shape index (κ1) is 20.1. The van der Waals surface area contributed by atoms with Crippen LogP contribution in [-0.2, 0) is 21.4 Å². The molecule has 3 aromatic rings. The van der Waals surface area contributed by atoms with Gasteiger partial charge in [-0.2, -0.15) is 0 Å². The fourth-order valence-electron chi connectivity index (χ4n) is 5.19. The number of carbonyl (C=O) groups is 1. The predicted octanol–water partition coefficient (Wildman–Crippen LogP) is 3.40. The fourth-order valence-corrected chi connectivity index (χ4v) is 5.19. The molecule has 0 N–H and O–H groups in total. The molecule has 1 aromatic carbocycles. The van der Waals surface area contributed by atoms with Crippen LogP contribution in [0.5, 0.6) is 0 Å². The van der Waals surface area contributed by atoms with Crippen molar-refractivity contribution in [2.45, 2.75) is 37.5 Å². The lowest BCUT2D eigenvalue weighted by molar-refractivity contribution is -0.138. The minimum Gasteiger partial charge on any atom is -0.379 e. The molecule has 5 rings (SSSR count). The molecule has 2 aliphatic rings. The molecule has 31 heavy (non-hydrogen) atoms. The number of fused-ring (bicyclic) bond motifs is 1. The Hall–Kier alpha value is -2.80. The lowest BCUT2D eigenvalue weighted by Gasteiger charge is -2.35. The molecule has 1 saturated heterocycles. The molecular weight excluding hydrogens is 395 g/mol. The number of hydrogen-bond acceptors (Lipinski definition) is 4. The summed E-state index contributed by atoms with van der Waals surface area (Å²) in [4.78, 5) is 24.5. The van der Waals surface area contributed by atoms with E-state index in [1.54, 1.807) is 24.5 Å². The SMILES string of the molecule is O=C(N1CCOCC(Cc2cn3ccnc3cn2)C1)C1(c2ccccc2F)CCCC1. The average Bonchev–Trinajstić information content (AvgIpc) is 3.40. The number of hydrogen-bond donors (Lipinski definition) is 0. The second-order valence-corrected chi connectivity index (χ2v) is 8.74. The van der Waals surface area contributed by atoms with Crippen LogP contribution in [-0.4, -0.2) is 51.5 Å². The molecule has 0 spiro atoms. The van der Waals surface area contributed by atoms with Crippen molar-refractivity contribution in [2.75, 3.05) is 26.3 Å². The highest BCUT2D eigenvalue weighted by Crippen LogP contribution is 2.43. The van der Waals surface area contributed by atoms with Gasteiger partial charge in [0, 0.05) is 43.2 Å². The molecule has 1 unspecified atom stereocenters. The summed E-state index contributed by atoms with van der Waals surface area (Å²) >= 11 is 0. The summed E-state index contributed by atoms with van der Waals surface area (Å²) in [5.74, 6) is -0.0965. The van der Waals surface area contributed by atoms with Crippen molar-refractivity contribution in [3.63, 3.8) is 0 Å². The van der Waals surface area contributed by atoms with Gasteiger partial charge in [0.2, 0.25) is 5.91 Å². The Morgan fingerprint density at radius 2 is 2.06 bits per heavy atom. The summed E-state index contributed by atoms with van der Waals surface area (Å²) in [7, 11) is 0. The van der Waals surface area contributed by atoms with Crippen LogP contribution in [0.25, 0.3) is 5.65 Å². The van der Waals surface area contributed by atoms with Gasteiger partial charge in [0.05, 0.1) is 30.5 Å². The molecule has 2 fully saturated rings. The normalized spacial score (nSPS) is 21.3. The second-order valence-electron chi connectivity index (χ2n) is 8.74. The van der Waals surface area contributed by atoms with Gasteiger partial charge in [-0.3, -0.25) is 9.78 Å². The Labute approximate surface area is 181 Å². The van der Waals surface area contributed by atoms with Crippen molar-refractivity contribution < 1.29 is 13.9 Å². The van der Waals surface area contributed by atoms with Gasteiger partial charge in [-0.15, -0.1) is 0 Å². The lowest BCUT2D eigenvalue weighted by Crippen LogP contribution is -2.48. The van der Waals surface area contributed by atoms with E-state index < -0.39 is 5.41 Å². The van der Waals surface area contributed by atoms with Crippen molar-refractivity contribution in [1.82, 2.24) is 19.3 Å². The van der Waals surface area contributed by atoms with Gasteiger partial charge in [-0.05, 0) is 25.3 Å². The summed E-state index contributed by atoms with van der Waals surface area (Å²) in [5.41, 5.74) is 1.55. The smallest absolute Gasteiger partial charge is 0.233 e. The van der Waals surface area contributed by atoms with Gasteiger partial charge in [0.25, 0.3) is 0 Å². The van der Waals surface area contributed by atoms with E-state index in [0.717, 1.165) is 24.2 Å². The number of imidazole rings is 1. The standard InChI is InChI=1S/C24H27FN4O2/c25-21-6-2-1-5-20(21)24(7-3-4-8-24)23(30)29-11-12-31-17-18(15-29)13-19-16-28-10-9-26-22(28)14-27-19/h1-2,5-6,9-10,14,16,18H,3-4,7-8,11-13,15,17H2. The Morgan fingerprint density at radius 1 is 1.23 bits per heavy atom. The molecule has 6 nitrogen and oxygen atoms in total. The molecular formula is C24H27FN4O2. The zero-order valence-corrected chi connectivity index (χ0v) is 17.5. The highest BCUT2D eigenvalue weighted by atomic mass is 19.1. The molecule has 1 aliphatic carbocycles. The Kier molecular flexibility index (Phi) is 5.44. The second kappa shape index (κ2) is 8.38. The van der Waals surface area contributed by atoms with E-state index >= 15 is 0 Å². The van der Waals surface area contributed by atoms with Crippen LogP contribution in [0.4, 0.5) is 4.39 Å². The summed E-state index contributed by atoms with van der Waals surface area (Å²) < 4.78 is 22.5. The van der Waals surface area contributed by atoms with Crippen LogP contribution in [0, 0.1) is 11.7 Å². The largest absolute Gasteiger partial charge is 0.379 e. The first-order valence-corrected chi connectivity index (χ1v) is 11.1. The molecule has 1 aliphatic heterocycles. The predicted molar refractivity (Wildman–Crippen MR) is 114 cm³/mol. The number of carbonyl (C=O) groups excluding carboxylic acids is 1. The molecule has 162 valence electrons. The summed E-state index contributed by atoms with van der Waals surface area (Å²) in [6.45, 7) is 2.22. The highest BCUT2D eigenvalue weighted by Gasteiger charge is 2.46. The van der Waals surface area contributed by atoms with Crippen LogP contribution in [0.2, 0.25) is 0 Å². The zero-order chi connectivity index (χ0) is 21.3. The maximum atomic E-state index is 14.7. The summed E-state index contributed by atoms with van der Waals surface area (Å²) in [6, 6.07) is 6.77. The molecule has 1 saturated carbocycles. The van der Waals surface area contributed by atoms with Crippen LogP contribution in [0.15, 0.2) is 49.1 Å². The molecule has 0 radical (unpaired) electrons.